The van der Waals surface area contributed by atoms with Gasteiger partial charge in [-0.3, -0.25) is 4.79 Å². The van der Waals surface area contributed by atoms with Crippen LogP contribution in [0.3, 0.4) is 0 Å². The summed E-state index contributed by atoms with van der Waals surface area (Å²) < 4.78 is 15.3. The van der Waals surface area contributed by atoms with E-state index < -0.39 is 0 Å². The van der Waals surface area contributed by atoms with Crippen molar-refractivity contribution in [3.63, 3.8) is 0 Å². The van der Waals surface area contributed by atoms with E-state index in [0.29, 0.717) is 12.7 Å². The van der Waals surface area contributed by atoms with E-state index in [0.717, 1.165) is 53.0 Å². The molecule has 1 aromatic carbocycles. The molecule has 5 rings (SSSR count). The lowest BCUT2D eigenvalue weighted by atomic mass is 10.1. The number of carbonyl (C=O) groups is 1. The fourth-order valence-electron chi connectivity index (χ4n) is 6.23. The van der Waals surface area contributed by atoms with Gasteiger partial charge in [0.1, 0.15) is 24.8 Å². The number of aryl methyl sites for hydroxylation is 2. The zero-order valence-corrected chi connectivity index (χ0v) is 23.9. The summed E-state index contributed by atoms with van der Waals surface area (Å²) >= 11 is 1.02. The van der Waals surface area contributed by atoms with Gasteiger partial charge < -0.3 is 5.32 Å². The van der Waals surface area contributed by atoms with E-state index in [-0.39, 0.29) is 5.91 Å². The number of hydrogen-bond donors (Lipinski definition) is 2. The smallest absolute Gasteiger partial charge is 0.326 e. The number of anilines is 1. The molecule has 0 saturated heterocycles. The van der Waals surface area contributed by atoms with Crippen molar-refractivity contribution in [2.45, 2.75) is 82.1 Å². The summed E-state index contributed by atoms with van der Waals surface area (Å²) in [4.78, 5) is 17.1. The topological polar surface area (TPSA) is 91.2 Å². The van der Waals surface area contributed by atoms with Crippen LogP contribution in [-0.2, 0) is 41.3 Å². The summed E-state index contributed by atoms with van der Waals surface area (Å²) in [5.41, 5.74) is 0.780. The summed E-state index contributed by atoms with van der Waals surface area (Å²) in [6.45, 7) is 3.43. The molecule has 3 aromatic rings. The second-order valence-corrected chi connectivity index (χ2v) is 11.7. The third-order valence-corrected chi connectivity index (χ3v) is 8.89. The molecule has 0 aliphatic carbocycles. The SMILES string of the molecule is C[n+]1ccn2c1C[N+]1(CCCCCCCCCCC(=O)Nc3ccc(SOON)cc3)Cc3n(cc[n+]3C)C21. The Labute approximate surface area is 235 Å². The number of fused-ring (bicyclic) bond motifs is 5. The average molecular weight is 557 g/mol. The average Bonchev–Trinajstić information content (AvgIpc) is 3.64. The third kappa shape index (κ3) is 6.22. The normalized spacial score (nSPS) is 19.2. The predicted octanol–water partition coefficient (Wildman–Crippen LogP) is 3.77. The number of benzene rings is 1. The van der Waals surface area contributed by atoms with Crippen LogP contribution in [0.1, 0.15) is 75.7 Å². The molecular weight excluding hydrogens is 514 g/mol. The first-order chi connectivity index (χ1) is 19.0. The Bertz CT molecular complexity index is 1210. The molecule has 0 unspecified atom stereocenters. The van der Waals surface area contributed by atoms with Gasteiger partial charge in [-0.25, -0.2) is 13.6 Å². The lowest BCUT2D eigenvalue weighted by molar-refractivity contribution is -0.982. The fourth-order valence-corrected chi connectivity index (χ4v) is 6.59. The largest absolute Gasteiger partial charge is 0.380 e. The van der Waals surface area contributed by atoms with Gasteiger partial charge in [-0.2, -0.15) is 5.90 Å². The summed E-state index contributed by atoms with van der Waals surface area (Å²) in [5.74, 6) is 7.75. The van der Waals surface area contributed by atoms with E-state index >= 15 is 0 Å². The fraction of sp³-hybridized carbons (Fsp3) is 0.536. The Balaban J connectivity index is 0.946. The minimum Gasteiger partial charge on any atom is -0.326 e. The summed E-state index contributed by atoms with van der Waals surface area (Å²) in [7, 11) is 4.34. The highest BCUT2D eigenvalue weighted by Gasteiger charge is 2.62. The van der Waals surface area contributed by atoms with E-state index in [1.807, 2.05) is 24.3 Å². The van der Waals surface area contributed by atoms with E-state index in [2.05, 4.69) is 71.8 Å². The monoisotopic (exact) mass is 556 g/mol. The molecular formula is C28H42N7O3S+3. The van der Waals surface area contributed by atoms with Crippen LogP contribution in [0.25, 0.3) is 0 Å². The van der Waals surface area contributed by atoms with Gasteiger partial charge in [0.05, 0.1) is 32.7 Å². The van der Waals surface area contributed by atoms with Crippen LogP contribution in [0.5, 0.6) is 0 Å². The number of unbranched alkanes of at least 4 members (excludes halogenated alkanes) is 7. The Morgan fingerprint density at radius 3 is 2.10 bits per heavy atom. The minimum atomic E-state index is 0.0622. The number of aromatic nitrogens is 4. The molecule has 0 radical (unpaired) electrons. The van der Waals surface area contributed by atoms with Crippen LogP contribution in [-0.4, -0.2) is 26.1 Å². The van der Waals surface area contributed by atoms with Gasteiger partial charge in [-0.05, 0) is 43.5 Å². The molecule has 0 spiro atoms. The number of carbonyl (C=O) groups excluding carboxylic acids is 1. The van der Waals surface area contributed by atoms with Gasteiger partial charge in [0, 0.05) is 17.0 Å². The van der Waals surface area contributed by atoms with Crippen molar-refractivity contribution in [3.8, 4) is 0 Å². The van der Waals surface area contributed by atoms with Crippen molar-refractivity contribution in [1.29, 1.82) is 0 Å². The highest BCUT2D eigenvalue weighted by atomic mass is 32.2. The van der Waals surface area contributed by atoms with E-state index in [9.17, 15) is 4.79 Å². The molecule has 0 bridgehead atoms. The maximum atomic E-state index is 12.2. The minimum absolute atomic E-state index is 0.0622. The first-order valence-electron chi connectivity index (χ1n) is 14.1. The molecule has 39 heavy (non-hydrogen) atoms. The number of rotatable bonds is 15. The van der Waals surface area contributed by atoms with Crippen molar-refractivity contribution in [3.05, 3.63) is 60.7 Å². The Morgan fingerprint density at radius 1 is 0.949 bits per heavy atom. The van der Waals surface area contributed by atoms with Crippen LogP contribution in [0.4, 0.5) is 5.69 Å². The molecule has 11 heteroatoms. The van der Waals surface area contributed by atoms with Gasteiger partial charge >= 0.3 is 17.9 Å². The zero-order chi connectivity index (χ0) is 27.2. The lowest BCUT2D eigenvalue weighted by Gasteiger charge is -2.28. The molecule has 3 N–H and O–H groups in total. The molecule has 4 heterocycles. The lowest BCUT2D eigenvalue weighted by Crippen LogP contribution is -2.46. The number of nitrogens with two attached hydrogens (primary N) is 1. The molecule has 10 nitrogen and oxygen atoms in total. The van der Waals surface area contributed by atoms with Crippen molar-refractivity contribution in [2.75, 3.05) is 11.9 Å². The van der Waals surface area contributed by atoms with Crippen LogP contribution < -0.4 is 20.3 Å². The molecule has 2 aliphatic heterocycles. The predicted molar refractivity (Wildman–Crippen MR) is 147 cm³/mol. The van der Waals surface area contributed by atoms with Crippen molar-refractivity contribution < 1.29 is 27.7 Å². The molecule has 0 fully saturated rings. The number of hydrogen-bond acceptors (Lipinski definition) is 5. The second kappa shape index (κ2) is 12.6. The highest BCUT2D eigenvalue weighted by molar-refractivity contribution is 7.94. The summed E-state index contributed by atoms with van der Waals surface area (Å²) in [6, 6.07) is 7.36. The number of quaternary nitrogens is 1. The number of amides is 1. The van der Waals surface area contributed by atoms with Crippen LogP contribution in [0, 0.1) is 0 Å². The van der Waals surface area contributed by atoms with Gasteiger partial charge in [0.15, 0.2) is 13.1 Å². The molecule has 0 atom stereocenters. The first kappa shape index (κ1) is 27.9. The quantitative estimate of drug-likeness (QED) is 0.0743. The summed E-state index contributed by atoms with van der Waals surface area (Å²) in [6.07, 6.45) is 19.4. The van der Waals surface area contributed by atoms with Gasteiger partial charge in [-0.15, -0.1) is 18.5 Å². The Hall–Kier alpha value is -2.70. The van der Waals surface area contributed by atoms with Crippen LogP contribution in [0.2, 0.25) is 0 Å². The van der Waals surface area contributed by atoms with Crippen LogP contribution >= 0.6 is 12.0 Å². The standard InChI is InChI=1S/C28H41N7O3S/c1-31-16-18-33-26(31)21-35(22-27-32(2)17-19-34(27)28(33)35)20-10-8-6-4-3-5-7-9-11-25(36)30-23-12-14-24(15-13-23)39-38-37-29/h12-19,28H,3-11,20-22,29H2,1-2H3/q+2/p+1. The van der Waals surface area contributed by atoms with E-state index in [1.54, 1.807) is 0 Å². The van der Waals surface area contributed by atoms with Crippen molar-refractivity contribution in [1.82, 2.24) is 9.13 Å². The van der Waals surface area contributed by atoms with Crippen molar-refractivity contribution >= 4 is 23.6 Å². The number of imidazole rings is 2. The van der Waals surface area contributed by atoms with Gasteiger partial charge in [0.2, 0.25) is 5.91 Å². The molecule has 2 aromatic heterocycles. The molecule has 1 amide bonds. The summed E-state index contributed by atoms with van der Waals surface area (Å²) in [5, 5.41) is 2.95. The third-order valence-electron chi connectivity index (χ3n) is 8.28. The Kier molecular flexibility index (Phi) is 9.03. The number of nitrogens with one attached hydrogen (secondary N) is 1. The van der Waals surface area contributed by atoms with E-state index in [1.165, 1.54) is 56.7 Å². The highest BCUT2D eigenvalue weighted by Crippen LogP contribution is 2.42. The molecule has 0 saturated carbocycles. The second-order valence-electron chi connectivity index (χ2n) is 11.0. The molecule has 210 valence electrons. The van der Waals surface area contributed by atoms with Crippen molar-refractivity contribution in [2.24, 2.45) is 20.0 Å². The Morgan fingerprint density at radius 2 is 1.51 bits per heavy atom. The molecule has 2 aliphatic rings. The maximum absolute atomic E-state index is 12.2. The zero-order valence-electron chi connectivity index (χ0n) is 23.1. The number of nitrogens with zero attached hydrogens (tertiary/aromatic N) is 5. The maximum Gasteiger partial charge on any atom is 0.380 e. The first-order valence-corrected chi connectivity index (χ1v) is 14.8. The van der Waals surface area contributed by atoms with Gasteiger partial charge in [-0.1, -0.05) is 32.1 Å². The van der Waals surface area contributed by atoms with Crippen LogP contribution in [0.15, 0.2) is 53.9 Å². The van der Waals surface area contributed by atoms with Gasteiger partial charge in [0.25, 0.3) is 0 Å². The van der Waals surface area contributed by atoms with E-state index in [4.69, 9.17) is 5.90 Å².